The predicted octanol–water partition coefficient (Wildman–Crippen LogP) is 4.88. The monoisotopic (exact) mass is 574 g/mol. The Kier molecular flexibility index (Phi) is 8.43. The number of anilines is 1. The quantitative estimate of drug-likeness (QED) is 0.284. The van der Waals surface area contributed by atoms with E-state index < -0.39 is 34.9 Å². The van der Waals surface area contributed by atoms with Crippen molar-refractivity contribution < 1.29 is 40.4 Å². The molecule has 0 radical (unpaired) electrons. The largest absolute Gasteiger partial charge is 0.491 e. The van der Waals surface area contributed by atoms with Crippen molar-refractivity contribution in [2.45, 2.75) is 24.1 Å². The molecule has 1 atom stereocenters. The maximum absolute atomic E-state index is 12.7. The Bertz CT molecular complexity index is 1610. The number of rotatable bonds is 9. The van der Waals surface area contributed by atoms with Crippen LogP contribution in [0, 0.1) is 6.92 Å². The molecule has 0 spiro atoms. The zero-order valence-electron chi connectivity index (χ0n) is 21.4. The Hall–Kier alpha value is -4.00. The lowest BCUT2D eigenvalue weighted by molar-refractivity contribution is -0.170. The van der Waals surface area contributed by atoms with Gasteiger partial charge >= 0.3 is 12.1 Å². The summed E-state index contributed by atoms with van der Waals surface area (Å²) >= 11 is 0. The number of halogens is 3. The number of nitrogens with zero attached hydrogens (tertiary/aromatic N) is 2. The van der Waals surface area contributed by atoms with Gasteiger partial charge in [-0.3, -0.25) is 8.98 Å². The highest BCUT2D eigenvalue weighted by Crippen LogP contribution is 2.27. The second kappa shape index (κ2) is 11.6. The van der Waals surface area contributed by atoms with Crippen LogP contribution >= 0.6 is 0 Å². The van der Waals surface area contributed by atoms with Gasteiger partial charge in [-0.2, -0.15) is 21.6 Å². The molecule has 0 saturated heterocycles. The number of aromatic nitrogens is 1. The van der Waals surface area contributed by atoms with Crippen LogP contribution in [0.1, 0.15) is 5.56 Å². The van der Waals surface area contributed by atoms with Crippen LogP contribution < -0.4 is 9.64 Å². The second-order valence-electron chi connectivity index (χ2n) is 8.98. The Labute approximate surface area is 228 Å². The highest BCUT2D eigenvalue weighted by atomic mass is 32.2. The molecule has 8 nitrogen and oxygen atoms in total. The van der Waals surface area contributed by atoms with E-state index in [4.69, 9.17) is 8.92 Å². The zero-order chi connectivity index (χ0) is 29.1. The third-order valence-corrected chi connectivity index (χ3v) is 7.22. The first-order valence-corrected chi connectivity index (χ1v) is 13.4. The van der Waals surface area contributed by atoms with Crippen LogP contribution in [0.4, 0.5) is 18.9 Å². The van der Waals surface area contributed by atoms with Crippen LogP contribution in [0.15, 0.2) is 83.8 Å². The van der Waals surface area contributed by atoms with Gasteiger partial charge in [-0.1, -0.05) is 35.9 Å². The van der Waals surface area contributed by atoms with Gasteiger partial charge in [0.1, 0.15) is 18.5 Å². The minimum Gasteiger partial charge on any atom is -0.491 e. The van der Waals surface area contributed by atoms with E-state index in [0.29, 0.717) is 27.4 Å². The molecule has 1 unspecified atom stereocenters. The Balaban J connectivity index is 1.40. The Morgan fingerprint density at radius 3 is 2.27 bits per heavy atom. The first kappa shape index (κ1) is 29.0. The van der Waals surface area contributed by atoms with Crippen molar-refractivity contribution in [2.75, 3.05) is 25.2 Å². The van der Waals surface area contributed by atoms with Gasteiger partial charge in [0.15, 0.2) is 0 Å². The average Bonchev–Trinajstić information content (AvgIpc) is 2.93. The Morgan fingerprint density at radius 2 is 1.62 bits per heavy atom. The SMILES string of the molecule is Cc1ccc(S(=O)(=O)OCC(O)COc2ccc3ccc(-c4ccc(N(C)C(=O)C(F)(F)F)cc4)nc3c2)cc1. The Morgan fingerprint density at radius 1 is 0.975 bits per heavy atom. The number of aliphatic hydroxyl groups excluding tert-OH is 1. The van der Waals surface area contributed by atoms with Crippen LogP contribution in [0.5, 0.6) is 5.75 Å². The molecule has 1 heterocycles. The maximum atomic E-state index is 12.7. The molecule has 1 amide bonds. The molecule has 0 bridgehead atoms. The van der Waals surface area contributed by atoms with Crippen molar-refractivity contribution in [1.29, 1.82) is 0 Å². The van der Waals surface area contributed by atoms with Gasteiger partial charge in [-0.05, 0) is 49.4 Å². The van der Waals surface area contributed by atoms with Crippen molar-refractivity contribution >= 4 is 32.6 Å². The number of carbonyl (C=O) groups excluding carboxylic acids is 1. The lowest BCUT2D eigenvalue weighted by Gasteiger charge is -2.19. The molecule has 0 aliphatic rings. The molecule has 1 N–H and O–H groups in total. The summed E-state index contributed by atoms with van der Waals surface area (Å²) in [5, 5.41) is 11.0. The summed E-state index contributed by atoms with van der Waals surface area (Å²) in [6, 6.07) is 20.7. The van der Waals surface area contributed by atoms with E-state index in [2.05, 4.69) is 4.98 Å². The van der Waals surface area contributed by atoms with Gasteiger partial charge in [0.25, 0.3) is 10.1 Å². The molecule has 4 aromatic rings. The molecule has 0 aliphatic carbocycles. The molecule has 0 aliphatic heterocycles. The third kappa shape index (κ3) is 6.95. The molecule has 3 aromatic carbocycles. The topological polar surface area (TPSA) is 106 Å². The number of pyridine rings is 1. The number of carbonyl (C=O) groups is 1. The number of hydrogen-bond acceptors (Lipinski definition) is 7. The highest BCUT2D eigenvalue weighted by molar-refractivity contribution is 7.86. The van der Waals surface area contributed by atoms with Crippen LogP contribution in [-0.2, 0) is 19.1 Å². The molecule has 0 saturated carbocycles. The summed E-state index contributed by atoms with van der Waals surface area (Å²) in [5.74, 6) is -1.60. The van der Waals surface area contributed by atoms with Crippen LogP contribution in [0.2, 0.25) is 0 Å². The number of ether oxygens (including phenoxy) is 1. The van der Waals surface area contributed by atoms with Crippen molar-refractivity contribution in [3.63, 3.8) is 0 Å². The smallest absolute Gasteiger partial charge is 0.471 e. The van der Waals surface area contributed by atoms with Gasteiger partial charge in [0, 0.05) is 29.8 Å². The number of benzene rings is 3. The fourth-order valence-corrected chi connectivity index (χ4v) is 4.63. The summed E-state index contributed by atoms with van der Waals surface area (Å²) in [5.41, 5.74) is 2.68. The highest BCUT2D eigenvalue weighted by Gasteiger charge is 2.41. The maximum Gasteiger partial charge on any atom is 0.471 e. The van der Waals surface area contributed by atoms with Crippen molar-refractivity contribution in [1.82, 2.24) is 4.98 Å². The van der Waals surface area contributed by atoms with Gasteiger partial charge < -0.3 is 14.7 Å². The fraction of sp³-hybridized carbons (Fsp3) is 0.214. The number of aryl methyl sites for hydroxylation is 1. The summed E-state index contributed by atoms with van der Waals surface area (Å²) in [7, 11) is -2.98. The number of hydrogen-bond donors (Lipinski definition) is 1. The van der Waals surface area contributed by atoms with E-state index in [1.807, 2.05) is 13.0 Å². The second-order valence-corrected chi connectivity index (χ2v) is 10.6. The predicted molar refractivity (Wildman–Crippen MR) is 142 cm³/mol. The van der Waals surface area contributed by atoms with E-state index in [-0.39, 0.29) is 17.2 Å². The lowest BCUT2D eigenvalue weighted by atomic mass is 10.1. The molecule has 12 heteroatoms. The normalized spacial score (nSPS) is 12.8. The van der Waals surface area contributed by atoms with Crippen molar-refractivity contribution in [3.05, 3.63) is 84.4 Å². The van der Waals surface area contributed by atoms with Crippen molar-refractivity contribution in [2.24, 2.45) is 0 Å². The average molecular weight is 575 g/mol. The van der Waals surface area contributed by atoms with E-state index >= 15 is 0 Å². The van der Waals surface area contributed by atoms with E-state index in [1.54, 1.807) is 48.5 Å². The number of fused-ring (bicyclic) bond motifs is 1. The van der Waals surface area contributed by atoms with Crippen LogP contribution in [-0.4, -0.2) is 57.0 Å². The number of amides is 1. The van der Waals surface area contributed by atoms with Crippen LogP contribution in [0.25, 0.3) is 22.2 Å². The minimum absolute atomic E-state index is 0.0147. The summed E-state index contributed by atoms with van der Waals surface area (Å²) < 4.78 is 73.3. The molecular formula is C28H25F3N2O6S. The lowest BCUT2D eigenvalue weighted by Crippen LogP contribution is -2.38. The number of aliphatic hydroxyl groups is 1. The number of alkyl halides is 3. The van der Waals surface area contributed by atoms with Gasteiger partial charge in [-0.15, -0.1) is 0 Å². The molecular weight excluding hydrogens is 549 g/mol. The molecule has 0 fully saturated rings. The summed E-state index contributed by atoms with van der Waals surface area (Å²) in [6.45, 7) is 1.10. The van der Waals surface area contributed by atoms with Gasteiger partial charge in [-0.25, -0.2) is 4.98 Å². The van der Waals surface area contributed by atoms with Crippen molar-refractivity contribution in [3.8, 4) is 17.0 Å². The first-order valence-electron chi connectivity index (χ1n) is 12.0. The molecule has 40 heavy (non-hydrogen) atoms. The zero-order valence-corrected chi connectivity index (χ0v) is 22.2. The first-order chi connectivity index (χ1) is 18.8. The van der Waals surface area contributed by atoms with Crippen LogP contribution in [0.3, 0.4) is 0 Å². The molecule has 4 rings (SSSR count). The summed E-state index contributed by atoms with van der Waals surface area (Å²) in [6.07, 6.45) is -6.20. The fourth-order valence-electron chi connectivity index (χ4n) is 3.69. The molecule has 1 aromatic heterocycles. The molecule has 210 valence electrons. The standard InChI is InChI=1S/C28H25F3N2O6S/c1-18-3-12-24(13-4-18)40(36,37)39-17-22(34)16-38-23-11-7-20-8-14-25(32-26(20)15-23)19-5-9-21(10-6-19)33(2)27(35)28(29,30)31/h3-15,22,34H,16-17H2,1-2H3. The summed E-state index contributed by atoms with van der Waals surface area (Å²) in [4.78, 5) is 16.6. The third-order valence-electron chi connectivity index (χ3n) is 5.93. The van der Waals surface area contributed by atoms with E-state index in [0.717, 1.165) is 18.0 Å². The van der Waals surface area contributed by atoms with E-state index in [1.165, 1.54) is 24.3 Å². The van der Waals surface area contributed by atoms with E-state index in [9.17, 15) is 31.5 Å². The van der Waals surface area contributed by atoms with Gasteiger partial charge in [0.2, 0.25) is 0 Å². The van der Waals surface area contributed by atoms with Gasteiger partial charge in [0.05, 0.1) is 22.7 Å². The minimum atomic E-state index is -4.98.